The van der Waals surface area contributed by atoms with E-state index in [2.05, 4.69) is 46.7 Å². The average molecular weight is 310 g/mol. The molecule has 1 aromatic carbocycles. The minimum Gasteiger partial charge on any atom is -0.380 e. The number of para-hydroxylation sites is 1. The van der Waals surface area contributed by atoms with E-state index in [0.717, 1.165) is 35.0 Å². The summed E-state index contributed by atoms with van der Waals surface area (Å²) < 4.78 is 0. The number of pyridine rings is 1. The number of anilines is 1. The third kappa shape index (κ3) is 2.16. The quantitative estimate of drug-likeness (QED) is 0.769. The fourth-order valence-corrected chi connectivity index (χ4v) is 4.09. The van der Waals surface area contributed by atoms with Crippen molar-refractivity contribution < 1.29 is 0 Å². The van der Waals surface area contributed by atoms with Crippen LogP contribution in [0, 0.1) is 13.8 Å². The van der Waals surface area contributed by atoms with Crippen LogP contribution in [0.15, 0.2) is 24.3 Å². The van der Waals surface area contributed by atoms with Crippen molar-refractivity contribution in [3.8, 4) is 0 Å². The van der Waals surface area contributed by atoms with Crippen LogP contribution in [0.25, 0.3) is 10.9 Å². The molecule has 0 saturated heterocycles. The number of nitrogens with one attached hydrogen (secondary N) is 2. The highest BCUT2D eigenvalue weighted by Crippen LogP contribution is 2.38. The van der Waals surface area contributed by atoms with E-state index in [0.29, 0.717) is 0 Å². The lowest BCUT2D eigenvalue weighted by atomic mass is 10.1. The smallest absolute Gasteiger partial charge is 0.0726 e. The first-order chi connectivity index (χ1) is 10.7. The van der Waals surface area contributed by atoms with Gasteiger partial charge in [-0.25, -0.2) is 0 Å². The standard InChI is InChI=1S/C17H18N4S/c1-10-13(11(2)21-20-10)7-18-17-12-5-3-4-6-15(12)19-16-9-22-8-14(16)17/h3-6H,7-9H2,1-2H3,(H,18,19)(H,20,21). The van der Waals surface area contributed by atoms with E-state index in [1.54, 1.807) is 0 Å². The van der Waals surface area contributed by atoms with Crippen molar-refractivity contribution in [2.24, 2.45) is 0 Å². The Labute approximate surface area is 133 Å². The Bertz CT molecular complexity index is 834. The maximum Gasteiger partial charge on any atom is 0.0726 e. The van der Waals surface area contributed by atoms with Gasteiger partial charge in [-0.1, -0.05) is 18.2 Å². The van der Waals surface area contributed by atoms with Gasteiger partial charge in [0.15, 0.2) is 0 Å². The second kappa shape index (κ2) is 5.32. The number of fused-ring (bicyclic) bond motifs is 2. The molecule has 5 heteroatoms. The lowest BCUT2D eigenvalue weighted by Gasteiger charge is -2.14. The minimum atomic E-state index is 0.791. The van der Waals surface area contributed by atoms with Gasteiger partial charge in [-0.2, -0.15) is 16.9 Å². The van der Waals surface area contributed by atoms with Gasteiger partial charge >= 0.3 is 0 Å². The average Bonchev–Trinajstić information content (AvgIpc) is 3.11. The first-order valence-electron chi connectivity index (χ1n) is 7.46. The monoisotopic (exact) mass is 310 g/mol. The highest BCUT2D eigenvalue weighted by molar-refractivity contribution is 7.98. The maximum absolute atomic E-state index is 4.82. The zero-order valence-corrected chi connectivity index (χ0v) is 13.5. The predicted molar refractivity (Wildman–Crippen MR) is 92.1 cm³/mol. The summed E-state index contributed by atoms with van der Waals surface area (Å²) in [6.45, 7) is 4.91. The third-order valence-corrected chi connectivity index (χ3v) is 5.26. The van der Waals surface area contributed by atoms with Crippen LogP contribution in [-0.2, 0) is 18.1 Å². The van der Waals surface area contributed by atoms with E-state index < -0.39 is 0 Å². The molecule has 0 saturated carbocycles. The first kappa shape index (κ1) is 13.6. The molecule has 0 bridgehead atoms. The Balaban J connectivity index is 1.77. The second-order valence-corrected chi connectivity index (χ2v) is 6.67. The van der Waals surface area contributed by atoms with Crippen LogP contribution in [0.5, 0.6) is 0 Å². The van der Waals surface area contributed by atoms with Crippen LogP contribution in [0.3, 0.4) is 0 Å². The molecule has 0 radical (unpaired) electrons. The third-order valence-electron chi connectivity index (χ3n) is 4.29. The van der Waals surface area contributed by atoms with Gasteiger partial charge in [0.25, 0.3) is 0 Å². The molecule has 0 spiro atoms. The van der Waals surface area contributed by atoms with Crippen LogP contribution < -0.4 is 5.32 Å². The molecule has 112 valence electrons. The number of H-pyrrole nitrogens is 1. The van der Waals surface area contributed by atoms with Crippen LogP contribution >= 0.6 is 11.8 Å². The van der Waals surface area contributed by atoms with Crippen molar-refractivity contribution in [1.29, 1.82) is 0 Å². The largest absolute Gasteiger partial charge is 0.380 e. The number of hydrogen-bond donors (Lipinski definition) is 2. The van der Waals surface area contributed by atoms with E-state index in [9.17, 15) is 0 Å². The molecule has 2 aromatic heterocycles. The predicted octanol–water partition coefficient (Wildman–Crippen LogP) is 3.93. The van der Waals surface area contributed by atoms with Crippen molar-refractivity contribution in [1.82, 2.24) is 15.2 Å². The maximum atomic E-state index is 4.82. The molecule has 0 fully saturated rings. The summed E-state index contributed by atoms with van der Waals surface area (Å²) in [5.74, 6) is 2.05. The molecule has 0 atom stereocenters. The summed E-state index contributed by atoms with van der Waals surface area (Å²) in [5.41, 5.74) is 8.36. The number of aromatic amines is 1. The molecule has 0 amide bonds. The Morgan fingerprint density at radius 2 is 2.09 bits per heavy atom. The number of hydrogen-bond acceptors (Lipinski definition) is 4. The molecule has 4 rings (SSSR count). The lowest BCUT2D eigenvalue weighted by molar-refractivity contribution is 1.02. The highest BCUT2D eigenvalue weighted by Gasteiger charge is 2.20. The Morgan fingerprint density at radius 3 is 2.91 bits per heavy atom. The zero-order chi connectivity index (χ0) is 15.1. The van der Waals surface area contributed by atoms with Crippen molar-refractivity contribution >= 4 is 28.4 Å². The van der Waals surface area contributed by atoms with Crippen LogP contribution in [0.1, 0.15) is 28.2 Å². The molecule has 3 aromatic rings. The zero-order valence-electron chi connectivity index (χ0n) is 12.7. The van der Waals surface area contributed by atoms with E-state index in [4.69, 9.17) is 4.98 Å². The Morgan fingerprint density at radius 1 is 1.23 bits per heavy atom. The summed E-state index contributed by atoms with van der Waals surface area (Å²) in [6, 6.07) is 8.39. The Hall–Kier alpha value is -2.01. The summed E-state index contributed by atoms with van der Waals surface area (Å²) in [7, 11) is 0. The number of aromatic nitrogens is 3. The van der Waals surface area contributed by atoms with E-state index in [-0.39, 0.29) is 0 Å². The van der Waals surface area contributed by atoms with Gasteiger partial charge in [-0.3, -0.25) is 10.1 Å². The van der Waals surface area contributed by atoms with E-state index in [1.807, 2.05) is 18.7 Å². The number of aryl methyl sites for hydroxylation is 2. The molecular formula is C17H18N4S. The number of thioether (sulfide) groups is 1. The van der Waals surface area contributed by atoms with Crippen LogP contribution in [0.4, 0.5) is 5.69 Å². The Kier molecular flexibility index (Phi) is 3.30. The minimum absolute atomic E-state index is 0.791. The van der Waals surface area contributed by atoms with E-state index in [1.165, 1.54) is 27.9 Å². The molecule has 4 nitrogen and oxygen atoms in total. The van der Waals surface area contributed by atoms with Gasteiger partial charge in [0, 0.05) is 45.9 Å². The molecule has 0 aliphatic carbocycles. The van der Waals surface area contributed by atoms with Crippen LogP contribution in [0.2, 0.25) is 0 Å². The van der Waals surface area contributed by atoms with Gasteiger partial charge in [0.1, 0.15) is 0 Å². The van der Waals surface area contributed by atoms with Crippen molar-refractivity contribution in [3.63, 3.8) is 0 Å². The van der Waals surface area contributed by atoms with Crippen molar-refractivity contribution in [3.05, 3.63) is 52.5 Å². The van der Waals surface area contributed by atoms with Gasteiger partial charge in [0.05, 0.1) is 16.9 Å². The highest BCUT2D eigenvalue weighted by atomic mass is 32.2. The molecule has 2 N–H and O–H groups in total. The fraction of sp³-hybridized carbons (Fsp3) is 0.294. The van der Waals surface area contributed by atoms with Gasteiger partial charge < -0.3 is 5.32 Å². The summed E-state index contributed by atoms with van der Waals surface area (Å²) >= 11 is 1.94. The molecule has 1 aliphatic heterocycles. The summed E-state index contributed by atoms with van der Waals surface area (Å²) in [6.07, 6.45) is 0. The van der Waals surface area contributed by atoms with Gasteiger partial charge in [0.2, 0.25) is 0 Å². The lowest BCUT2D eigenvalue weighted by Crippen LogP contribution is -2.06. The topological polar surface area (TPSA) is 53.6 Å². The number of benzene rings is 1. The number of nitrogens with zero attached hydrogens (tertiary/aromatic N) is 2. The van der Waals surface area contributed by atoms with E-state index >= 15 is 0 Å². The van der Waals surface area contributed by atoms with Crippen LogP contribution in [-0.4, -0.2) is 15.2 Å². The molecule has 1 aliphatic rings. The normalized spacial score (nSPS) is 13.5. The molecule has 0 unspecified atom stereocenters. The fourth-order valence-electron chi connectivity index (χ4n) is 3.04. The van der Waals surface area contributed by atoms with Crippen molar-refractivity contribution in [2.75, 3.05) is 5.32 Å². The number of rotatable bonds is 3. The second-order valence-electron chi connectivity index (χ2n) is 5.69. The van der Waals surface area contributed by atoms with Gasteiger partial charge in [-0.05, 0) is 19.9 Å². The first-order valence-corrected chi connectivity index (χ1v) is 8.62. The van der Waals surface area contributed by atoms with Crippen molar-refractivity contribution in [2.45, 2.75) is 31.9 Å². The van der Waals surface area contributed by atoms with Gasteiger partial charge in [-0.15, -0.1) is 0 Å². The molecule has 22 heavy (non-hydrogen) atoms. The molecule has 3 heterocycles. The summed E-state index contributed by atoms with van der Waals surface area (Å²) in [4.78, 5) is 4.82. The SMILES string of the molecule is Cc1n[nH]c(C)c1CNc1c2c(nc3ccccc13)CSC2. The molecular weight excluding hydrogens is 292 g/mol. The summed E-state index contributed by atoms with van der Waals surface area (Å²) in [5, 5.41) is 12.2.